The molecule has 1 saturated carbocycles. The van der Waals surface area contributed by atoms with Crippen molar-refractivity contribution in [3.8, 4) is 0 Å². The van der Waals surface area contributed by atoms with E-state index in [0.29, 0.717) is 29.9 Å². The number of primary amides is 1. The summed E-state index contributed by atoms with van der Waals surface area (Å²) in [6, 6.07) is 15.1. The summed E-state index contributed by atoms with van der Waals surface area (Å²) in [6.45, 7) is -0.562. The van der Waals surface area contributed by atoms with Crippen LogP contribution in [0.25, 0.3) is 0 Å². The fraction of sp³-hybridized carbons (Fsp3) is 0.320. The topological polar surface area (TPSA) is 134 Å². The highest BCUT2D eigenvalue weighted by molar-refractivity contribution is 6.38. The molecule has 2 aromatic rings. The van der Waals surface area contributed by atoms with Crippen molar-refractivity contribution >= 4 is 46.5 Å². The number of nitrogens with zero attached hydrogens (tertiary/aromatic N) is 3. The maximum atomic E-state index is 13.4. The fourth-order valence-electron chi connectivity index (χ4n) is 5.08. The number of nitrogens with two attached hydrogens (primary N) is 1. The number of rotatable bonds is 5. The second-order valence-corrected chi connectivity index (χ2v) is 8.86. The first-order chi connectivity index (χ1) is 16.9. The first-order valence-electron chi connectivity index (χ1n) is 11.5. The lowest BCUT2D eigenvalue weighted by Crippen LogP contribution is -2.61. The number of hydrazone groups is 1. The number of anilines is 3. The molecule has 10 heteroatoms. The SMILES string of the molecule is NC(=O)C1CC(C(=O)OCC(=O)N2c3ccccc3NC(=O)C23CCCC3)=NN1c1ccccc1. The van der Waals surface area contributed by atoms with Gasteiger partial charge in [0.1, 0.15) is 17.3 Å². The predicted molar refractivity (Wildman–Crippen MR) is 129 cm³/mol. The summed E-state index contributed by atoms with van der Waals surface area (Å²) in [5.41, 5.74) is 6.26. The van der Waals surface area contributed by atoms with Crippen molar-refractivity contribution in [2.75, 3.05) is 21.8 Å². The maximum Gasteiger partial charge on any atom is 0.355 e. The van der Waals surface area contributed by atoms with E-state index in [4.69, 9.17) is 10.5 Å². The summed E-state index contributed by atoms with van der Waals surface area (Å²) in [5, 5.41) is 8.56. The van der Waals surface area contributed by atoms with Gasteiger partial charge in [0.2, 0.25) is 5.91 Å². The molecule has 1 atom stereocenters. The Morgan fingerprint density at radius 2 is 1.74 bits per heavy atom. The van der Waals surface area contributed by atoms with E-state index in [2.05, 4.69) is 10.4 Å². The highest BCUT2D eigenvalue weighted by Gasteiger charge is 2.52. The van der Waals surface area contributed by atoms with Crippen molar-refractivity contribution in [3.63, 3.8) is 0 Å². The second-order valence-electron chi connectivity index (χ2n) is 8.86. The lowest BCUT2D eigenvalue weighted by molar-refractivity contribution is -0.142. The van der Waals surface area contributed by atoms with E-state index in [1.54, 1.807) is 48.5 Å². The van der Waals surface area contributed by atoms with Gasteiger partial charge in [0.25, 0.3) is 11.8 Å². The molecule has 1 fully saturated rings. The third-order valence-corrected chi connectivity index (χ3v) is 6.75. The van der Waals surface area contributed by atoms with E-state index >= 15 is 0 Å². The number of benzene rings is 2. The van der Waals surface area contributed by atoms with Crippen molar-refractivity contribution in [1.29, 1.82) is 0 Å². The van der Waals surface area contributed by atoms with Crippen LogP contribution in [0.5, 0.6) is 0 Å². The largest absolute Gasteiger partial charge is 0.451 e. The molecule has 1 spiro atoms. The van der Waals surface area contributed by atoms with Crippen molar-refractivity contribution in [3.05, 3.63) is 54.6 Å². The molecule has 3 aliphatic rings. The third kappa shape index (κ3) is 3.90. The number of hydrogen-bond acceptors (Lipinski definition) is 7. The number of ether oxygens (including phenoxy) is 1. The van der Waals surface area contributed by atoms with E-state index in [0.717, 1.165) is 12.8 Å². The molecule has 3 amide bonds. The number of fused-ring (bicyclic) bond motifs is 1. The van der Waals surface area contributed by atoms with Crippen LogP contribution < -0.4 is 21.0 Å². The van der Waals surface area contributed by atoms with Gasteiger partial charge >= 0.3 is 5.97 Å². The molecule has 1 unspecified atom stereocenters. The van der Waals surface area contributed by atoms with E-state index < -0.39 is 36.0 Å². The van der Waals surface area contributed by atoms with Crippen LogP contribution in [0.15, 0.2) is 59.7 Å². The van der Waals surface area contributed by atoms with Gasteiger partial charge in [0, 0.05) is 6.42 Å². The molecule has 2 aromatic carbocycles. The van der Waals surface area contributed by atoms with E-state index in [9.17, 15) is 19.2 Å². The zero-order chi connectivity index (χ0) is 24.6. The normalized spacial score (nSPS) is 20.3. The van der Waals surface area contributed by atoms with Gasteiger partial charge in [-0.15, -0.1) is 0 Å². The molecule has 0 aromatic heterocycles. The van der Waals surface area contributed by atoms with Gasteiger partial charge in [-0.2, -0.15) is 5.10 Å². The summed E-state index contributed by atoms with van der Waals surface area (Å²) >= 11 is 0. The number of carbonyl (C=O) groups excluding carboxylic acids is 4. The predicted octanol–water partition coefficient (Wildman–Crippen LogP) is 1.95. The summed E-state index contributed by atoms with van der Waals surface area (Å²) in [7, 11) is 0. The number of carbonyl (C=O) groups is 4. The van der Waals surface area contributed by atoms with Gasteiger partial charge in [0.05, 0.1) is 17.1 Å². The third-order valence-electron chi connectivity index (χ3n) is 6.75. The molecule has 3 N–H and O–H groups in total. The summed E-state index contributed by atoms with van der Waals surface area (Å²) in [5.74, 6) is -2.15. The Morgan fingerprint density at radius 3 is 2.46 bits per heavy atom. The van der Waals surface area contributed by atoms with Gasteiger partial charge in [0.15, 0.2) is 6.61 Å². The minimum absolute atomic E-state index is 0.00202. The number of para-hydroxylation sites is 3. The second kappa shape index (κ2) is 8.86. The van der Waals surface area contributed by atoms with Gasteiger partial charge in [-0.3, -0.25) is 24.3 Å². The van der Waals surface area contributed by atoms with E-state index in [1.165, 1.54) is 9.91 Å². The number of hydrogen-bond donors (Lipinski definition) is 2. The van der Waals surface area contributed by atoms with E-state index in [-0.39, 0.29) is 18.0 Å². The highest BCUT2D eigenvalue weighted by atomic mass is 16.5. The number of esters is 1. The van der Waals surface area contributed by atoms with Crippen LogP contribution in [0.1, 0.15) is 32.1 Å². The molecule has 0 bridgehead atoms. The number of nitrogens with one attached hydrogen (secondary N) is 1. The molecular formula is C25H25N5O5. The zero-order valence-electron chi connectivity index (χ0n) is 19.0. The maximum absolute atomic E-state index is 13.4. The average molecular weight is 476 g/mol. The minimum Gasteiger partial charge on any atom is -0.451 e. The molecule has 2 aliphatic heterocycles. The fourth-order valence-corrected chi connectivity index (χ4v) is 5.08. The quantitative estimate of drug-likeness (QED) is 0.635. The Bertz CT molecular complexity index is 1220. The monoisotopic (exact) mass is 475 g/mol. The standard InChI is InChI=1S/C25H25N5O5/c26-22(32)20-14-18(28-30(20)16-8-2-1-3-9-16)23(33)35-15-21(31)29-19-11-5-4-10-17(19)27-24(34)25(29)12-6-7-13-25/h1-5,8-11,20H,6-7,12-15H2,(H2,26,32)(H,27,34). The van der Waals surface area contributed by atoms with Crippen molar-refractivity contribution in [1.82, 2.24) is 0 Å². The van der Waals surface area contributed by atoms with Gasteiger partial charge < -0.3 is 15.8 Å². The first kappa shape index (κ1) is 22.6. The van der Waals surface area contributed by atoms with Crippen LogP contribution in [0.3, 0.4) is 0 Å². The van der Waals surface area contributed by atoms with Crippen molar-refractivity contribution in [2.24, 2.45) is 10.8 Å². The van der Waals surface area contributed by atoms with Crippen molar-refractivity contribution < 1.29 is 23.9 Å². The molecule has 2 heterocycles. The van der Waals surface area contributed by atoms with Crippen LogP contribution in [0.2, 0.25) is 0 Å². The first-order valence-corrected chi connectivity index (χ1v) is 11.5. The molecular weight excluding hydrogens is 450 g/mol. The van der Waals surface area contributed by atoms with Crippen LogP contribution in [0.4, 0.5) is 17.1 Å². The summed E-state index contributed by atoms with van der Waals surface area (Å²) in [4.78, 5) is 52.7. The minimum atomic E-state index is -0.996. The molecule has 5 rings (SSSR count). The molecule has 1 aliphatic carbocycles. The zero-order valence-corrected chi connectivity index (χ0v) is 19.0. The summed E-state index contributed by atoms with van der Waals surface area (Å²) < 4.78 is 5.33. The van der Waals surface area contributed by atoms with Crippen LogP contribution in [-0.4, -0.2) is 47.6 Å². The number of amides is 3. The van der Waals surface area contributed by atoms with Crippen LogP contribution >= 0.6 is 0 Å². The Morgan fingerprint density at radius 1 is 1.06 bits per heavy atom. The summed E-state index contributed by atoms with van der Waals surface area (Å²) in [6.07, 6.45) is 2.67. The Balaban J connectivity index is 1.35. The lowest BCUT2D eigenvalue weighted by Gasteiger charge is -2.44. The molecule has 10 nitrogen and oxygen atoms in total. The van der Waals surface area contributed by atoms with Crippen LogP contribution in [-0.2, 0) is 23.9 Å². The average Bonchev–Trinajstić information content (AvgIpc) is 3.53. The van der Waals surface area contributed by atoms with Gasteiger partial charge in [-0.05, 0) is 37.1 Å². The Kier molecular flexibility index (Phi) is 5.72. The van der Waals surface area contributed by atoms with Gasteiger partial charge in [-0.25, -0.2) is 4.79 Å². The molecule has 35 heavy (non-hydrogen) atoms. The molecule has 180 valence electrons. The van der Waals surface area contributed by atoms with E-state index in [1.807, 2.05) is 6.07 Å². The lowest BCUT2D eigenvalue weighted by atomic mass is 9.90. The molecule has 0 saturated heterocycles. The van der Waals surface area contributed by atoms with Crippen LogP contribution in [0, 0.1) is 0 Å². The molecule has 0 radical (unpaired) electrons. The smallest absolute Gasteiger partial charge is 0.355 e. The van der Waals surface area contributed by atoms with Gasteiger partial charge in [-0.1, -0.05) is 43.2 Å². The highest BCUT2D eigenvalue weighted by Crippen LogP contribution is 2.45. The van der Waals surface area contributed by atoms with Crippen molar-refractivity contribution in [2.45, 2.75) is 43.7 Å². The Labute approximate surface area is 201 Å². The Hall–Kier alpha value is -4.21.